The number of aromatic nitrogens is 2. The molecule has 0 spiro atoms. The van der Waals surface area contributed by atoms with Gasteiger partial charge in [0.1, 0.15) is 0 Å². The number of nitrogens with zero attached hydrogens (tertiary/aromatic N) is 2. The van der Waals surface area contributed by atoms with Crippen molar-refractivity contribution in [3.63, 3.8) is 0 Å². The summed E-state index contributed by atoms with van der Waals surface area (Å²) in [5, 5.41) is 4.43. The van der Waals surface area contributed by atoms with Gasteiger partial charge in [0, 0.05) is 30.1 Å². The third-order valence-corrected chi connectivity index (χ3v) is 2.74. The molecule has 0 saturated heterocycles. The van der Waals surface area contributed by atoms with Crippen molar-refractivity contribution in [2.45, 2.75) is 20.3 Å². The Balaban J connectivity index is 2.57. The molecule has 0 saturated carbocycles. The van der Waals surface area contributed by atoms with Gasteiger partial charge in [-0.15, -0.1) is 0 Å². The SMILES string of the molecule is CCc1nn(C)cc1-c1ccc(C)cc1N. The summed E-state index contributed by atoms with van der Waals surface area (Å²) in [7, 11) is 1.94. The Morgan fingerprint density at radius 3 is 2.69 bits per heavy atom. The highest BCUT2D eigenvalue weighted by Gasteiger charge is 2.10. The van der Waals surface area contributed by atoms with Gasteiger partial charge >= 0.3 is 0 Å². The van der Waals surface area contributed by atoms with Crippen LogP contribution in [0.25, 0.3) is 11.1 Å². The summed E-state index contributed by atoms with van der Waals surface area (Å²) < 4.78 is 1.84. The third kappa shape index (κ3) is 1.81. The molecule has 0 aliphatic heterocycles. The first kappa shape index (κ1) is 10.7. The number of nitrogen functional groups attached to an aromatic ring is 1. The van der Waals surface area contributed by atoms with Gasteiger partial charge in [-0.05, 0) is 25.0 Å². The van der Waals surface area contributed by atoms with E-state index in [4.69, 9.17) is 5.73 Å². The Hall–Kier alpha value is -1.77. The summed E-state index contributed by atoms with van der Waals surface area (Å²) in [5.41, 5.74) is 11.4. The zero-order valence-electron chi connectivity index (χ0n) is 9.99. The van der Waals surface area contributed by atoms with E-state index in [1.165, 1.54) is 5.56 Å². The summed E-state index contributed by atoms with van der Waals surface area (Å²) in [6.45, 7) is 4.15. The zero-order valence-corrected chi connectivity index (χ0v) is 9.99. The first-order valence-corrected chi connectivity index (χ1v) is 5.51. The molecule has 3 nitrogen and oxygen atoms in total. The molecule has 1 aromatic carbocycles. The van der Waals surface area contributed by atoms with Crippen LogP contribution in [0.5, 0.6) is 0 Å². The van der Waals surface area contributed by atoms with Gasteiger partial charge in [-0.1, -0.05) is 19.1 Å². The molecule has 0 aliphatic carbocycles. The second-order valence-corrected chi connectivity index (χ2v) is 4.11. The lowest BCUT2D eigenvalue weighted by atomic mass is 10.0. The molecule has 16 heavy (non-hydrogen) atoms. The molecule has 2 N–H and O–H groups in total. The minimum atomic E-state index is 0.822. The predicted octanol–water partition coefficient (Wildman–Crippen LogP) is 2.54. The molecule has 0 aliphatic rings. The van der Waals surface area contributed by atoms with E-state index >= 15 is 0 Å². The van der Waals surface area contributed by atoms with E-state index < -0.39 is 0 Å². The summed E-state index contributed by atoms with van der Waals surface area (Å²) >= 11 is 0. The van der Waals surface area contributed by atoms with Crippen LogP contribution in [-0.4, -0.2) is 9.78 Å². The lowest BCUT2D eigenvalue weighted by Crippen LogP contribution is -1.92. The summed E-state index contributed by atoms with van der Waals surface area (Å²) in [5.74, 6) is 0. The van der Waals surface area contributed by atoms with E-state index in [0.29, 0.717) is 0 Å². The smallest absolute Gasteiger partial charge is 0.0700 e. The number of hydrogen-bond donors (Lipinski definition) is 1. The van der Waals surface area contributed by atoms with E-state index in [1.54, 1.807) is 0 Å². The van der Waals surface area contributed by atoms with Gasteiger partial charge in [0.25, 0.3) is 0 Å². The van der Waals surface area contributed by atoms with Crippen molar-refractivity contribution in [2.24, 2.45) is 7.05 Å². The second-order valence-electron chi connectivity index (χ2n) is 4.11. The van der Waals surface area contributed by atoms with Crippen LogP contribution in [-0.2, 0) is 13.5 Å². The minimum Gasteiger partial charge on any atom is -0.398 e. The van der Waals surface area contributed by atoms with Crippen molar-refractivity contribution >= 4 is 5.69 Å². The molecule has 0 radical (unpaired) electrons. The first-order valence-electron chi connectivity index (χ1n) is 5.51. The van der Waals surface area contributed by atoms with Gasteiger partial charge < -0.3 is 5.73 Å². The van der Waals surface area contributed by atoms with Crippen LogP contribution in [0.3, 0.4) is 0 Å². The summed E-state index contributed by atoms with van der Waals surface area (Å²) in [6.07, 6.45) is 2.95. The topological polar surface area (TPSA) is 43.8 Å². The average molecular weight is 215 g/mol. The van der Waals surface area contributed by atoms with Gasteiger partial charge in [0.15, 0.2) is 0 Å². The highest BCUT2D eigenvalue weighted by atomic mass is 15.2. The molecule has 84 valence electrons. The van der Waals surface area contributed by atoms with E-state index in [1.807, 2.05) is 30.9 Å². The molecule has 0 atom stereocenters. The van der Waals surface area contributed by atoms with Crippen LogP contribution in [0.1, 0.15) is 18.2 Å². The normalized spacial score (nSPS) is 10.7. The van der Waals surface area contributed by atoms with Crippen molar-refractivity contribution < 1.29 is 0 Å². The fraction of sp³-hybridized carbons (Fsp3) is 0.308. The lowest BCUT2D eigenvalue weighted by molar-refractivity contribution is 0.746. The summed E-state index contributed by atoms with van der Waals surface area (Å²) in [4.78, 5) is 0. The van der Waals surface area contributed by atoms with Crippen LogP contribution in [0.4, 0.5) is 5.69 Å². The van der Waals surface area contributed by atoms with Crippen LogP contribution < -0.4 is 5.73 Å². The van der Waals surface area contributed by atoms with Gasteiger partial charge in [0.05, 0.1) is 5.69 Å². The first-order chi connectivity index (χ1) is 7.61. The Bertz CT molecular complexity index is 512. The van der Waals surface area contributed by atoms with E-state index in [9.17, 15) is 0 Å². The standard InChI is InChI=1S/C13H17N3/c1-4-13-11(8-16(3)15-13)10-6-5-9(2)7-12(10)14/h5-8H,4,14H2,1-3H3. The Morgan fingerprint density at radius 2 is 2.06 bits per heavy atom. The van der Waals surface area contributed by atoms with Crippen LogP contribution in [0, 0.1) is 6.92 Å². The molecule has 1 aromatic heterocycles. The number of hydrogen-bond acceptors (Lipinski definition) is 2. The van der Waals surface area contributed by atoms with Crippen molar-refractivity contribution in [2.75, 3.05) is 5.73 Å². The van der Waals surface area contributed by atoms with Crippen LogP contribution in [0.15, 0.2) is 24.4 Å². The summed E-state index contributed by atoms with van der Waals surface area (Å²) in [6, 6.07) is 6.15. The molecule has 0 amide bonds. The Labute approximate surface area is 95.9 Å². The maximum atomic E-state index is 6.05. The molecule has 0 bridgehead atoms. The molecular formula is C13H17N3. The van der Waals surface area contributed by atoms with Gasteiger partial charge in [-0.25, -0.2) is 0 Å². The molecule has 0 fully saturated rings. The fourth-order valence-electron chi connectivity index (χ4n) is 1.95. The van der Waals surface area contributed by atoms with Crippen molar-refractivity contribution in [3.8, 4) is 11.1 Å². The van der Waals surface area contributed by atoms with Gasteiger partial charge in [-0.2, -0.15) is 5.10 Å². The number of benzene rings is 1. The zero-order chi connectivity index (χ0) is 11.7. The van der Waals surface area contributed by atoms with Crippen LogP contribution >= 0.6 is 0 Å². The third-order valence-electron chi connectivity index (χ3n) is 2.74. The minimum absolute atomic E-state index is 0.822. The molecular weight excluding hydrogens is 198 g/mol. The highest BCUT2D eigenvalue weighted by Crippen LogP contribution is 2.29. The quantitative estimate of drug-likeness (QED) is 0.782. The largest absolute Gasteiger partial charge is 0.398 e. The van der Waals surface area contributed by atoms with Gasteiger partial charge in [0.2, 0.25) is 0 Å². The molecule has 0 unspecified atom stereocenters. The number of rotatable bonds is 2. The number of anilines is 1. The molecule has 1 heterocycles. The maximum Gasteiger partial charge on any atom is 0.0700 e. The highest BCUT2D eigenvalue weighted by molar-refractivity contribution is 5.77. The van der Waals surface area contributed by atoms with Gasteiger partial charge in [-0.3, -0.25) is 4.68 Å². The molecule has 2 aromatic rings. The Kier molecular flexibility index (Phi) is 2.69. The Morgan fingerprint density at radius 1 is 1.31 bits per heavy atom. The molecule has 2 rings (SSSR count). The van der Waals surface area contributed by atoms with E-state index in [2.05, 4.69) is 24.2 Å². The number of aryl methyl sites for hydroxylation is 3. The second kappa shape index (κ2) is 4.00. The van der Waals surface area contributed by atoms with Crippen molar-refractivity contribution in [1.82, 2.24) is 9.78 Å². The fourth-order valence-corrected chi connectivity index (χ4v) is 1.95. The van der Waals surface area contributed by atoms with Crippen molar-refractivity contribution in [3.05, 3.63) is 35.7 Å². The lowest BCUT2D eigenvalue weighted by Gasteiger charge is -2.05. The average Bonchev–Trinajstić information content (AvgIpc) is 2.59. The van der Waals surface area contributed by atoms with E-state index in [-0.39, 0.29) is 0 Å². The maximum absolute atomic E-state index is 6.05. The van der Waals surface area contributed by atoms with Crippen LogP contribution in [0.2, 0.25) is 0 Å². The van der Waals surface area contributed by atoms with E-state index in [0.717, 1.165) is 28.9 Å². The van der Waals surface area contributed by atoms with Crippen molar-refractivity contribution in [1.29, 1.82) is 0 Å². The predicted molar refractivity (Wildman–Crippen MR) is 67.2 cm³/mol. The molecule has 3 heteroatoms. The number of nitrogens with two attached hydrogens (primary N) is 1. The monoisotopic (exact) mass is 215 g/mol.